The van der Waals surface area contributed by atoms with Crippen LogP contribution in [0, 0.1) is 0 Å². The lowest BCUT2D eigenvalue weighted by Crippen LogP contribution is -1.95. The zero-order valence-corrected chi connectivity index (χ0v) is 7.76. The van der Waals surface area contributed by atoms with Crippen molar-refractivity contribution in [2.45, 2.75) is 20.8 Å². The molecule has 0 radical (unpaired) electrons. The zero-order valence-electron chi connectivity index (χ0n) is 7.76. The van der Waals surface area contributed by atoms with E-state index >= 15 is 0 Å². The first-order valence-corrected chi connectivity index (χ1v) is 4.05. The number of aliphatic imine (C=N–C) groups is 1. The lowest BCUT2D eigenvalue weighted by Gasteiger charge is -2.01. The van der Waals surface area contributed by atoms with E-state index in [4.69, 9.17) is 0 Å². The first-order chi connectivity index (χ1) is 5.75. The molecule has 0 bridgehead atoms. The Kier molecular flexibility index (Phi) is 2.84. The largest absolute Gasteiger partial charge is 0.253 e. The van der Waals surface area contributed by atoms with Crippen LogP contribution in [0.5, 0.6) is 0 Å². The predicted octanol–water partition coefficient (Wildman–Crippen LogP) is 3.02. The Bertz CT molecular complexity index is 321. The molecule has 1 rings (SSSR count). The van der Waals surface area contributed by atoms with Crippen LogP contribution in [0.1, 0.15) is 20.8 Å². The molecule has 1 nitrogen and oxygen atoms in total. The quantitative estimate of drug-likeness (QED) is 0.521. The van der Waals surface area contributed by atoms with Crippen molar-refractivity contribution in [1.82, 2.24) is 0 Å². The average Bonchev–Trinajstić information content (AvgIpc) is 2.19. The van der Waals surface area contributed by atoms with Gasteiger partial charge in [-0.15, -0.1) is 5.73 Å². The molecule has 1 heterocycles. The lowest BCUT2D eigenvalue weighted by molar-refractivity contribution is 1.45. The summed E-state index contributed by atoms with van der Waals surface area (Å²) in [5, 5.41) is 0. The second-order valence-electron chi connectivity index (χ2n) is 2.75. The summed E-state index contributed by atoms with van der Waals surface area (Å²) in [6, 6.07) is 0. The van der Waals surface area contributed by atoms with E-state index in [-0.39, 0.29) is 0 Å². The van der Waals surface area contributed by atoms with Gasteiger partial charge in [-0.25, -0.2) is 0 Å². The second-order valence-corrected chi connectivity index (χ2v) is 2.75. The summed E-state index contributed by atoms with van der Waals surface area (Å²) in [6.07, 6.45) is 7.76. The van der Waals surface area contributed by atoms with Crippen molar-refractivity contribution in [1.29, 1.82) is 0 Å². The standard InChI is InChI=1S/C11H13N/c1-4-6-11-9(2)7-5-8-12-10(11)3/h4,6-8H,1-3H3. The molecule has 0 saturated carbocycles. The summed E-state index contributed by atoms with van der Waals surface area (Å²) in [6.45, 7) is 6.09. The zero-order chi connectivity index (χ0) is 8.97. The summed E-state index contributed by atoms with van der Waals surface area (Å²) in [7, 11) is 0. The molecule has 0 N–H and O–H groups in total. The Hall–Kier alpha value is -1.33. The maximum Gasteiger partial charge on any atom is 0.0690 e. The molecule has 0 atom stereocenters. The topological polar surface area (TPSA) is 12.4 Å². The molecule has 62 valence electrons. The van der Waals surface area contributed by atoms with Gasteiger partial charge >= 0.3 is 0 Å². The molecule has 0 fully saturated rings. The lowest BCUT2D eigenvalue weighted by atomic mass is 10.1. The van der Waals surface area contributed by atoms with Gasteiger partial charge in [-0.1, -0.05) is 12.2 Å². The normalized spacial score (nSPS) is 17.1. The number of rotatable bonds is 1. The molecule has 0 aromatic rings. The summed E-state index contributed by atoms with van der Waals surface area (Å²) in [5.41, 5.74) is 6.44. The molecular weight excluding hydrogens is 146 g/mol. The van der Waals surface area contributed by atoms with Gasteiger partial charge in [0.2, 0.25) is 0 Å². The second kappa shape index (κ2) is 3.89. The number of hydrogen-bond acceptors (Lipinski definition) is 1. The molecule has 0 aromatic carbocycles. The van der Waals surface area contributed by atoms with Crippen LogP contribution < -0.4 is 0 Å². The summed E-state index contributed by atoms with van der Waals surface area (Å²) < 4.78 is 0. The maximum atomic E-state index is 4.21. The van der Waals surface area contributed by atoms with E-state index < -0.39 is 0 Å². The van der Waals surface area contributed by atoms with Crippen molar-refractivity contribution in [2.75, 3.05) is 0 Å². The molecule has 12 heavy (non-hydrogen) atoms. The van der Waals surface area contributed by atoms with E-state index in [1.165, 1.54) is 11.1 Å². The van der Waals surface area contributed by atoms with Crippen LogP contribution in [0.2, 0.25) is 0 Å². The number of allylic oxidation sites excluding steroid dienone is 5. The molecule has 0 saturated heterocycles. The van der Waals surface area contributed by atoms with Gasteiger partial charge in [-0.2, -0.15) is 0 Å². The van der Waals surface area contributed by atoms with E-state index in [1.54, 1.807) is 6.20 Å². The fraction of sp³-hybridized carbons (Fsp3) is 0.273. The van der Waals surface area contributed by atoms with Crippen molar-refractivity contribution < 1.29 is 0 Å². The van der Waals surface area contributed by atoms with Gasteiger partial charge in [0.15, 0.2) is 0 Å². The Labute approximate surface area is 73.5 Å². The van der Waals surface area contributed by atoms with Crippen LogP contribution in [0.3, 0.4) is 0 Å². The first kappa shape index (κ1) is 8.76. The maximum absolute atomic E-state index is 4.21. The molecule has 0 aliphatic carbocycles. The molecule has 0 amide bonds. The third kappa shape index (κ3) is 1.84. The molecule has 1 heteroatoms. The Morgan fingerprint density at radius 1 is 1.42 bits per heavy atom. The average molecular weight is 159 g/mol. The third-order valence-corrected chi connectivity index (χ3v) is 1.78. The first-order valence-electron chi connectivity index (χ1n) is 4.05. The van der Waals surface area contributed by atoms with E-state index in [1.807, 2.05) is 26.0 Å². The van der Waals surface area contributed by atoms with Gasteiger partial charge < -0.3 is 0 Å². The van der Waals surface area contributed by atoms with Crippen LogP contribution in [0.25, 0.3) is 0 Å². The van der Waals surface area contributed by atoms with Crippen LogP contribution in [-0.2, 0) is 0 Å². The third-order valence-electron chi connectivity index (χ3n) is 1.78. The van der Waals surface area contributed by atoms with Gasteiger partial charge in [0, 0.05) is 5.71 Å². The van der Waals surface area contributed by atoms with Crippen molar-refractivity contribution in [3.8, 4) is 0 Å². The van der Waals surface area contributed by atoms with Crippen LogP contribution >= 0.6 is 0 Å². The van der Waals surface area contributed by atoms with Crippen molar-refractivity contribution in [3.05, 3.63) is 41.3 Å². The minimum Gasteiger partial charge on any atom is -0.253 e. The van der Waals surface area contributed by atoms with E-state index in [2.05, 4.69) is 23.7 Å². The van der Waals surface area contributed by atoms with Crippen molar-refractivity contribution in [3.63, 3.8) is 0 Å². The van der Waals surface area contributed by atoms with E-state index in [0.29, 0.717) is 0 Å². The molecule has 0 aromatic heterocycles. The molecule has 0 unspecified atom stereocenters. The Morgan fingerprint density at radius 2 is 2.17 bits per heavy atom. The van der Waals surface area contributed by atoms with Gasteiger partial charge in [-0.3, -0.25) is 4.99 Å². The highest BCUT2D eigenvalue weighted by molar-refractivity contribution is 6.02. The SMILES string of the molecule is CC=CC1=C(C)C=C=CN=C1C. The summed E-state index contributed by atoms with van der Waals surface area (Å²) in [5.74, 6) is 0. The number of hydrogen-bond donors (Lipinski definition) is 0. The summed E-state index contributed by atoms with van der Waals surface area (Å²) >= 11 is 0. The molecule has 0 spiro atoms. The number of nitrogens with zero attached hydrogens (tertiary/aromatic N) is 1. The highest BCUT2D eigenvalue weighted by atomic mass is 14.7. The van der Waals surface area contributed by atoms with Gasteiger partial charge in [0.25, 0.3) is 0 Å². The Balaban J connectivity index is 3.17. The highest BCUT2D eigenvalue weighted by Crippen LogP contribution is 2.11. The van der Waals surface area contributed by atoms with Crippen molar-refractivity contribution in [2.24, 2.45) is 4.99 Å². The van der Waals surface area contributed by atoms with Crippen molar-refractivity contribution >= 4 is 5.71 Å². The molecule has 1 aliphatic rings. The van der Waals surface area contributed by atoms with E-state index in [0.717, 1.165) is 5.71 Å². The summed E-state index contributed by atoms with van der Waals surface area (Å²) in [4.78, 5) is 4.21. The van der Waals surface area contributed by atoms with Gasteiger partial charge in [0.1, 0.15) is 0 Å². The monoisotopic (exact) mass is 159 g/mol. The minimum absolute atomic E-state index is 1.05. The Morgan fingerprint density at radius 3 is 2.83 bits per heavy atom. The molecular formula is C11H13N. The minimum atomic E-state index is 1.05. The predicted molar refractivity (Wildman–Crippen MR) is 53.3 cm³/mol. The van der Waals surface area contributed by atoms with Crippen LogP contribution in [-0.4, -0.2) is 5.71 Å². The van der Waals surface area contributed by atoms with Gasteiger partial charge in [0.05, 0.1) is 6.20 Å². The highest BCUT2D eigenvalue weighted by Gasteiger charge is 2.01. The van der Waals surface area contributed by atoms with Crippen LogP contribution in [0.15, 0.2) is 46.3 Å². The van der Waals surface area contributed by atoms with Gasteiger partial charge in [-0.05, 0) is 38.0 Å². The van der Waals surface area contributed by atoms with E-state index in [9.17, 15) is 0 Å². The molecule has 1 aliphatic heterocycles. The fourth-order valence-electron chi connectivity index (χ4n) is 1.15. The van der Waals surface area contributed by atoms with Crippen LogP contribution in [0.4, 0.5) is 0 Å². The smallest absolute Gasteiger partial charge is 0.0690 e. The fourth-order valence-corrected chi connectivity index (χ4v) is 1.15.